The molecule has 1 unspecified atom stereocenters. The van der Waals surface area contributed by atoms with Gasteiger partial charge >= 0.3 is 0 Å². The van der Waals surface area contributed by atoms with Crippen molar-refractivity contribution in [3.63, 3.8) is 0 Å². The molecule has 0 spiro atoms. The average molecular weight is 236 g/mol. The molecule has 17 heavy (non-hydrogen) atoms. The predicted octanol–water partition coefficient (Wildman–Crippen LogP) is 0.966. The van der Waals surface area contributed by atoms with E-state index in [1.807, 2.05) is 19.3 Å². The number of hydrogen-bond donors (Lipinski definition) is 2. The number of nitrogens with zero attached hydrogens (tertiary/aromatic N) is 2. The van der Waals surface area contributed by atoms with E-state index in [2.05, 4.69) is 20.6 Å². The molecule has 0 saturated carbocycles. The molecule has 5 heteroatoms. The molecular formula is C12H20N4O. The van der Waals surface area contributed by atoms with Gasteiger partial charge in [-0.05, 0) is 31.9 Å². The maximum Gasteiger partial charge on any atom is 0.222 e. The van der Waals surface area contributed by atoms with Gasteiger partial charge in [0, 0.05) is 26.0 Å². The van der Waals surface area contributed by atoms with Crippen LogP contribution in [-0.2, 0) is 4.74 Å². The summed E-state index contributed by atoms with van der Waals surface area (Å²) in [6, 6.07) is 0. The Balaban J connectivity index is 1.93. The van der Waals surface area contributed by atoms with E-state index in [4.69, 9.17) is 4.74 Å². The van der Waals surface area contributed by atoms with Crippen molar-refractivity contribution in [2.45, 2.75) is 25.3 Å². The van der Waals surface area contributed by atoms with Crippen LogP contribution in [-0.4, -0.2) is 42.3 Å². The van der Waals surface area contributed by atoms with Crippen molar-refractivity contribution in [1.82, 2.24) is 15.3 Å². The third-order valence-corrected chi connectivity index (χ3v) is 3.12. The monoisotopic (exact) mass is 236 g/mol. The summed E-state index contributed by atoms with van der Waals surface area (Å²) in [6.45, 7) is 4.55. The Morgan fingerprint density at radius 2 is 2.24 bits per heavy atom. The lowest BCUT2D eigenvalue weighted by molar-refractivity contribution is 0.127. The van der Waals surface area contributed by atoms with Gasteiger partial charge in [0.25, 0.3) is 0 Å². The van der Waals surface area contributed by atoms with Gasteiger partial charge in [-0.2, -0.15) is 0 Å². The van der Waals surface area contributed by atoms with E-state index >= 15 is 0 Å². The molecule has 1 aromatic heterocycles. The minimum atomic E-state index is 0.0308. The van der Waals surface area contributed by atoms with Crippen molar-refractivity contribution in [3.05, 3.63) is 18.0 Å². The van der Waals surface area contributed by atoms with Crippen LogP contribution in [0.3, 0.4) is 0 Å². The fourth-order valence-electron chi connectivity index (χ4n) is 2.20. The van der Waals surface area contributed by atoms with Crippen molar-refractivity contribution in [3.8, 4) is 0 Å². The summed E-state index contributed by atoms with van der Waals surface area (Å²) in [4.78, 5) is 8.48. The van der Waals surface area contributed by atoms with Crippen LogP contribution in [0.1, 0.15) is 18.4 Å². The van der Waals surface area contributed by atoms with E-state index in [1.54, 1.807) is 7.11 Å². The molecule has 0 amide bonds. The van der Waals surface area contributed by atoms with Gasteiger partial charge in [0.1, 0.15) is 0 Å². The zero-order chi connectivity index (χ0) is 12.1. The molecule has 0 radical (unpaired) electrons. The van der Waals surface area contributed by atoms with E-state index < -0.39 is 0 Å². The maximum absolute atomic E-state index is 5.29. The number of anilines is 1. The molecule has 0 aliphatic carbocycles. The Bertz CT molecular complexity index is 346. The van der Waals surface area contributed by atoms with Crippen LogP contribution in [0, 0.1) is 6.92 Å². The lowest BCUT2D eigenvalue weighted by atomic mass is 9.99. The summed E-state index contributed by atoms with van der Waals surface area (Å²) in [5, 5.41) is 6.78. The summed E-state index contributed by atoms with van der Waals surface area (Å²) >= 11 is 0. The number of aryl methyl sites for hydroxylation is 1. The number of hydrogen-bond acceptors (Lipinski definition) is 5. The summed E-state index contributed by atoms with van der Waals surface area (Å²) in [6.07, 6.45) is 5.96. The summed E-state index contributed by atoms with van der Waals surface area (Å²) < 4.78 is 5.29. The maximum atomic E-state index is 5.29. The zero-order valence-electron chi connectivity index (χ0n) is 10.5. The second-order valence-electron chi connectivity index (χ2n) is 4.68. The number of ether oxygens (including phenoxy) is 1. The van der Waals surface area contributed by atoms with Crippen molar-refractivity contribution < 1.29 is 4.74 Å². The second kappa shape index (κ2) is 5.42. The van der Waals surface area contributed by atoms with Crippen LogP contribution in [0.25, 0.3) is 0 Å². The fraction of sp³-hybridized carbons (Fsp3) is 0.667. The molecule has 1 aliphatic heterocycles. The molecule has 1 saturated heterocycles. The number of aromatic nitrogens is 2. The summed E-state index contributed by atoms with van der Waals surface area (Å²) in [7, 11) is 1.74. The van der Waals surface area contributed by atoms with Gasteiger partial charge in [0.2, 0.25) is 5.95 Å². The normalized spacial score (nSPS) is 23.9. The molecule has 2 rings (SSSR count). The zero-order valence-corrected chi connectivity index (χ0v) is 10.5. The van der Waals surface area contributed by atoms with Gasteiger partial charge < -0.3 is 15.4 Å². The Hall–Kier alpha value is -1.20. The topological polar surface area (TPSA) is 59.1 Å². The Labute approximate surface area is 102 Å². The molecule has 1 aromatic rings. The number of methoxy groups -OCH3 is 1. The van der Waals surface area contributed by atoms with E-state index in [-0.39, 0.29) is 5.54 Å². The van der Waals surface area contributed by atoms with Gasteiger partial charge in [-0.25, -0.2) is 9.97 Å². The third-order valence-electron chi connectivity index (χ3n) is 3.12. The molecular weight excluding hydrogens is 216 g/mol. The third kappa shape index (κ3) is 3.14. The SMILES string of the molecule is COCC1(CNc2ncc(C)cn2)CCCN1. The van der Waals surface area contributed by atoms with Gasteiger partial charge in [0.05, 0.1) is 12.1 Å². The van der Waals surface area contributed by atoms with Crippen LogP contribution < -0.4 is 10.6 Å². The van der Waals surface area contributed by atoms with E-state index in [0.29, 0.717) is 12.6 Å². The van der Waals surface area contributed by atoms with Crippen LogP contribution in [0.15, 0.2) is 12.4 Å². The van der Waals surface area contributed by atoms with E-state index in [1.165, 1.54) is 6.42 Å². The quantitative estimate of drug-likeness (QED) is 0.797. The van der Waals surface area contributed by atoms with Gasteiger partial charge in [-0.3, -0.25) is 0 Å². The Morgan fingerprint density at radius 3 is 2.82 bits per heavy atom. The minimum absolute atomic E-state index is 0.0308. The second-order valence-corrected chi connectivity index (χ2v) is 4.68. The van der Waals surface area contributed by atoms with Crippen molar-refractivity contribution in [2.24, 2.45) is 0 Å². The van der Waals surface area contributed by atoms with Crippen LogP contribution >= 0.6 is 0 Å². The average Bonchev–Trinajstić information content (AvgIpc) is 2.78. The van der Waals surface area contributed by atoms with E-state index in [9.17, 15) is 0 Å². The highest BCUT2D eigenvalue weighted by Crippen LogP contribution is 2.19. The first-order valence-electron chi connectivity index (χ1n) is 6.01. The lowest BCUT2D eigenvalue weighted by Crippen LogP contribution is -2.49. The minimum Gasteiger partial charge on any atom is -0.383 e. The fourth-order valence-corrected chi connectivity index (χ4v) is 2.20. The molecule has 1 aliphatic rings. The van der Waals surface area contributed by atoms with Gasteiger partial charge in [-0.15, -0.1) is 0 Å². The Morgan fingerprint density at radius 1 is 1.47 bits per heavy atom. The van der Waals surface area contributed by atoms with Gasteiger partial charge in [-0.1, -0.05) is 0 Å². The lowest BCUT2D eigenvalue weighted by Gasteiger charge is -2.28. The molecule has 0 aromatic carbocycles. The van der Waals surface area contributed by atoms with Gasteiger partial charge in [0.15, 0.2) is 0 Å². The standard InChI is InChI=1S/C12H20N4O/c1-10-6-13-11(14-7-10)15-8-12(9-17-2)4-3-5-16-12/h6-7,16H,3-5,8-9H2,1-2H3,(H,13,14,15). The highest BCUT2D eigenvalue weighted by Gasteiger charge is 2.33. The largest absolute Gasteiger partial charge is 0.383 e. The molecule has 1 atom stereocenters. The molecule has 94 valence electrons. The molecule has 2 N–H and O–H groups in total. The first kappa shape index (κ1) is 12.3. The number of nitrogens with one attached hydrogen (secondary N) is 2. The van der Waals surface area contributed by atoms with Crippen molar-refractivity contribution in [2.75, 3.05) is 32.1 Å². The van der Waals surface area contributed by atoms with E-state index in [0.717, 1.165) is 25.1 Å². The first-order chi connectivity index (χ1) is 8.24. The molecule has 2 heterocycles. The first-order valence-corrected chi connectivity index (χ1v) is 6.01. The molecule has 0 bridgehead atoms. The molecule has 1 fully saturated rings. The predicted molar refractivity (Wildman–Crippen MR) is 67.1 cm³/mol. The highest BCUT2D eigenvalue weighted by molar-refractivity contribution is 5.25. The van der Waals surface area contributed by atoms with Crippen LogP contribution in [0.5, 0.6) is 0 Å². The summed E-state index contributed by atoms with van der Waals surface area (Å²) in [5.74, 6) is 0.680. The summed E-state index contributed by atoms with van der Waals surface area (Å²) in [5.41, 5.74) is 1.10. The van der Waals surface area contributed by atoms with Crippen molar-refractivity contribution in [1.29, 1.82) is 0 Å². The molecule has 5 nitrogen and oxygen atoms in total. The van der Waals surface area contributed by atoms with Crippen LogP contribution in [0.2, 0.25) is 0 Å². The Kier molecular flexibility index (Phi) is 3.91. The van der Waals surface area contributed by atoms with Crippen molar-refractivity contribution >= 4 is 5.95 Å². The smallest absolute Gasteiger partial charge is 0.222 e. The number of rotatable bonds is 5. The van der Waals surface area contributed by atoms with Crippen LogP contribution in [0.4, 0.5) is 5.95 Å². The highest BCUT2D eigenvalue weighted by atomic mass is 16.5.